The summed E-state index contributed by atoms with van der Waals surface area (Å²) in [5.74, 6) is -0.847. The molecule has 1 atom stereocenters. The fourth-order valence-corrected chi connectivity index (χ4v) is 1.95. The molecule has 2 rings (SSSR count). The molecule has 6 nitrogen and oxygen atoms in total. The van der Waals surface area contributed by atoms with Gasteiger partial charge in [0.25, 0.3) is 5.91 Å². The number of aryl methyl sites for hydroxylation is 1. The lowest BCUT2D eigenvalue weighted by Crippen LogP contribution is -2.32. The molecule has 0 aliphatic heterocycles. The number of nitrogens with one attached hydrogen (secondary N) is 1. The summed E-state index contributed by atoms with van der Waals surface area (Å²) in [4.78, 5) is 24.1. The van der Waals surface area contributed by atoms with E-state index in [9.17, 15) is 22.8 Å². The Morgan fingerprint density at radius 2 is 1.92 bits per heavy atom. The average Bonchev–Trinajstić information content (AvgIpc) is 2.96. The Labute approximate surface area is 140 Å². The molecule has 134 valence electrons. The molecule has 0 bridgehead atoms. The van der Waals surface area contributed by atoms with Crippen molar-refractivity contribution in [2.24, 2.45) is 0 Å². The summed E-state index contributed by atoms with van der Waals surface area (Å²) in [5, 5.41) is 6.02. The van der Waals surface area contributed by atoms with E-state index in [1.807, 2.05) is 0 Å². The molecule has 0 fully saturated rings. The summed E-state index contributed by atoms with van der Waals surface area (Å²) in [7, 11) is 0. The third-order valence-electron chi connectivity index (χ3n) is 3.24. The predicted molar refractivity (Wildman–Crippen MR) is 80.8 cm³/mol. The highest BCUT2D eigenvalue weighted by Gasteiger charge is 2.30. The molecule has 0 unspecified atom stereocenters. The number of benzene rings is 1. The Balaban J connectivity index is 2.02. The van der Waals surface area contributed by atoms with Crippen molar-refractivity contribution in [1.82, 2.24) is 5.16 Å². The van der Waals surface area contributed by atoms with Crippen molar-refractivity contribution < 1.29 is 32.0 Å². The second-order valence-corrected chi connectivity index (χ2v) is 5.19. The first-order valence-corrected chi connectivity index (χ1v) is 7.33. The Kier molecular flexibility index (Phi) is 5.45. The number of carbonyl (C=O) groups is 2. The van der Waals surface area contributed by atoms with Gasteiger partial charge in [-0.25, -0.2) is 4.79 Å². The number of hydrogen-bond acceptors (Lipinski definition) is 5. The van der Waals surface area contributed by atoms with Gasteiger partial charge in [0.05, 0.1) is 11.1 Å². The number of rotatable bonds is 5. The van der Waals surface area contributed by atoms with Gasteiger partial charge in [0.1, 0.15) is 5.76 Å². The number of carbonyl (C=O) groups excluding carboxylic acids is 2. The van der Waals surface area contributed by atoms with Crippen molar-refractivity contribution >= 4 is 17.7 Å². The molecule has 0 radical (unpaired) electrons. The smallest absolute Gasteiger partial charge is 0.416 e. The maximum absolute atomic E-state index is 12.5. The van der Waals surface area contributed by atoms with Crippen molar-refractivity contribution in [1.29, 1.82) is 0 Å². The normalized spacial score (nSPS) is 12.5. The highest BCUT2D eigenvalue weighted by atomic mass is 19.4. The van der Waals surface area contributed by atoms with Crippen LogP contribution < -0.4 is 5.32 Å². The van der Waals surface area contributed by atoms with Gasteiger partial charge in [-0.05, 0) is 37.6 Å². The van der Waals surface area contributed by atoms with Crippen molar-refractivity contribution in [3.63, 3.8) is 0 Å². The van der Waals surface area contributed by atoms with Crippen LogP contribution in [0.1, 0.15) is 35.0 Å². The van der Waals surface area contributed by atoms with Crippen molar-refractivity contribution in [3.8, 4) is 0 Å². The van der Waals surface area contributed by atoms with Crippen molar-refractivity contribution in [3.05, 3.63) is 47.2 Å². The number of ether oxygens (including phenoxy) is 1. The quantitative estimate of drug-likeness (QED) is 0.828. The fraction of sp³-hybridized carbons (Fsp3) is 0.312. The van der Waals surface area contributed by atoms with Gasteiger partial charge < -0.3 is 14.6 Å². The molecule has 1 N–H and O–H groups in total. The predicted octanol–water partition coefficient (Wildman–Crippen LogP) is 3.58. The molecule has 0 aliphatic rings. The SMILES string of the molecule is CC[C@H](OC(=O)c1ccc(C(F)(F)F)cc1)C(=O)Nc1cc(C)on1. The second kappa shape index (κ2) is 7.37. The molecular formula is C16H15F3N2O4. The number of esters is 1. The number of anilines is 1. The Morgan fingerprint density at radius 3 is 2.40 bits per heavy atom. The lowest BCUT2D eigenvalue weighted by molar-refractivity contribution is -0.137. The van der Waals surface area contributed by atoms with Crippen LogP contribution in [0.5, 0.6) is 0 Å². The molecule has 25 heavy (non-hydrogen) atoms. The first kappa shape index (κ1) is 18.5. The maximum atomic E-state index is 12.5. The molecule has 0 saturated heterocycles. The van der Waals surface area contributed by atoms with Crippen molar-refractivity contribution in [2.75, 3.05) is 5.32 Å². The lowest BCUT2D eigenvalue weighted by Gasteiger charge is -2.15. The lowest BCUT2D eigenvalue weighted by atomic mass is 10.1. The third-order valence-corrected chi connectivity index (χ3v) is 3.24. The molecule has 1 aromatic heterocycles. The Morgan fingerprint density at radius 1 is 1.28 bits per heavy atom. The molecule has 1 heterocycles. The summed E-state index contributed by atoms with van der Waals surface area (Å²) in [5.41, 5.74) is -0.966. The number of aromatic nitrogens is 1. The van der Waals surface area contributed by atoms with Crippen LogP contribution in [0.25, 0.3) is 0 Å². The number of halogens is 3. The topological polar surface area (TPSA) is 81.4 Å². The third kappa shape index (κ3) is 4.82. The summed E-state index contributed by atoms with van der Waals surface area (Å²) in [6.07, 6.45) is -5.44. The van der Waals surface area contributed by atoms with E-state index in [2.05, 4.69) is 10.5 Å². The monoisotopic (exact) mass is 356 g/mol. The molecule has 1 aromatic carbocycles. The van der Waals surface area contributed by atoms with Gasteiger partial charge in [-0.15, -0.1) is 0 Å². The van der Waals surface area contributed by atoms with Crippen LogP contribution in [0.2, 0.25) is 0 Å². The molecule has 0 aliphatic carbocycles. The van der Waals surface area contributed by atoms with Gasteiger partial charge in [-0.3, -0.25) is 4.79 Å². The fourth-order valence-electron chi connectivity index (χ4n) is 1.95. The van der Waals surface area contributed by atoms with E-state index >= 15 is 0 Å². The highest BCUT2D eigenvalue weighted by Crippen LogP contribution is 2.29. The number of nitrogens with zero attached hydrogens (tertiary/aromatic N) is 1. The molecule has 0 spiro atoms. The number of hydrogen-bond donors (Lipinski definition) is 1. The first-order valence-electron chi connectivity index (χ1n) is 7.33. The minimum absolute atomic E-state index is 0.0865. The summed E-state index contributed by atoms with van der Waals surface area (Å²) >= 11 is 0. The van der Waals surface area contributed by atoms with Crippen LogP contribution in [0.15, 0.2) is 34.9 Å². The van der Waals surface area contributed by atoms with Gasteiger partial charge in [0, 0.05) is 6.07 Å². The van der Waals surface area contributed by atoms with Gasteiger partial charge in [0.15, 0.2) is 11.9 Å². The van der Waals surface area contributed by atoms with E-state index in [0.717, 1.165) is 24.3 Å². The first-order chi connectivity index (χ1) is 11.7. The van der Waals surface area contributed by atoms with Gasteiger partial charge in [0.2, 0.25) is 0 Å². The maximum Gasteiger partial charge on any atom is 0.416 e. The molecule has 1 amide bonds. The summed E-state index contributed by atoms with van der Waals surface area (Å²) in [6, 6.07) is 5.03. The highest BCUT2D eigenvalue weighted by molar-refractivity contribution is 5.97. The van der Waals surface area contributed by atoms with E-state index in [1.165, 1.54) is 6.07 Å². The Bertz CT molecular complexity index is 753. The van der Waals surface area contributed by atoms with E-state index in [4.69, 9.17) is 9.26 Å². The van der Waals surface area contributed by atoms with Crippen LogP contribution in [0.3, 0.4) is 0 Å². The second-order valence-electron chi connectivity index (χ2n) is 5.19. The zero-order valence-electron chi connectivity index (χ0n) is 13.4. The molecular weight excluding hydrogens is 341 g/mol. The van der Waals surface area contributed by atoms with E-state index in [0.29, 0.717) is 5.76 Å². The molecule has 9 heteroatoms. The number of alkyl halides is 3. The summed E-state index contributed by atoms with van der Waals surface area (Å²) in [6.45, 7) is 3.27. The van der Waals surface area contributed by atoms with E-state index in [-0.39, 0.29) is 17.8 Å². The van der Waals surface area contributed by atoms with E-state index < -0.39 is 29.7 Å². The van der Waals surface area contributed by atoms with Crippen LogP contribution >= 0.6 is 0 Å². The van der Waals surface area contributed by atoms with Crippen molar-refractivity contribution in [2.45, 2.75) is 32.5 Å². The largest absolute Gasteiger partial charge is 0.449 e. The standard InChI is InChI=1S/C16H15F3N2O4/c1-3-12(14(22)20-13-8-9(2)25-21-13)24-15(23)10-4-6-11(7-5-10)16(17,18)19/h4-8,12H,3H2,1-2H3,(H,20,21,22)/t12-/m0/s1. The zero-order chi connectivity index (χ0) is 18.6. The minimum Gasteiger partial charge on any atom is -0.449 e. The average molecular weight is 356 g/mol. The van der Waals surface area contributed by atoms with Crippen LogP contribution in [-0.4, -0.2) is 23.1 Å². The van der Waals surface area contributed by atoms with E-state index in [1.54, 1.807) is 13.8 Å². The number of amides is 1. The molecule has 2 aromatic rings. The molecule has 0 saturated carbocycles. The van der Waals surface area contributed by atoms with Gasteiger partial charge in [-0.2, -0.15) is 13.2 Å². The van der Waals surface area contributed by atoms with Crippen LogP contribution in [-0.2, 0) is 15.7 Å². The summed E-state index contributed by atoms with van der Waals surface area (Å²) < 4.78 is 47.4. The van der Waals surface area contributed by atoms with Crippen LogP contribution in [0, 0.1) is 6.92 Å². The Hall–Kier alpha value is -2.84. The van der Waals surface area contributed by atoms with Gasteiger partial charge in [-0.1, -0.05) is 12.1 Å². The zero-order valence-corrected chi connectivity index (χ0v) is 13.4. The van der Waals surface area contributed by atoms with Gasteiger partial charge >= 0.3 is 12.1 Å². The minimum atomic E-state index is -4.50. The van der Waals surface area contributed by atoms with Crippen LogP contribution in [0.4, 0.5) is 19.0 Å².